The first-order valence-corrected chi connectivity index (χ1v) is 6.13. The zero-order chi connectivity index (χ0) is 14.4. The van der Waals surface area contributed by atoms with Gasteiger partial charge in [-0.1, -0.05) is 0 Å². The van der Waals surface area contributed by atoms with Gasteiger partial charge in [0.15, 0.2) is 0 Å². The Kier molecular flexibility index (Phi) is 4.73. The van der Waals surface area contributed by atoms with Crippen LogP contribution in [0.5, 0.6) is 5.75 Å². The molecule has 0 spiro atoms. The van der Waals surface area contributed by atoms with E-state index in [0.29, 0.717) is 11.4 Å². The highest BCUT2D eigenvalue weighted by Gasteiger charge is 2.10. The number of nitrogens with one attached hydrogen (secondary N) is 2. The number of aliphatic hydroxyl groups excluding tert-OH is 1. The Morgan fingerprint density at radius 1 is 1.35 bits per heavy atom. The van der Waals surface area contributed by atoms with E-state index in [1.807, 2.05) is 0 Å². The summed E-state index contributed by atoms with van der Waals surface area (Å²) in [5.74, 6) is -0.187. The molecule has 0 fully saturated rings. The molecule has 1 amide bonds. The van der Waals surface area contributed by atoms with Crippen molar-refractivity contribution >= 4 is 5.91 Å². The third-order valence-electron chi connectivity index (χ3n) is 2.60. The molecule has 2 rings (SSSR count). The largest absolute Gasteiger partial charge is 0.491 e. The summed E-state index contributed by atoms with van der Waals surface area (Å²) < 4.78 is 17.9. The lowest BCUT2D eigenvalue weighted by atomic mass is 10.3. The number of hydrogen-bond acceptors (Lipinski definition) is 3. The van der Waals surface area contributed by atoms with Crippen molar-refractivity contribution in [3.05, 3.63) is 54.1 Å². The number of hydrogen-bond donors (Lipinski definition) is 3. The second-order valence-electron chi connectivity index (χ2n) is 4.21. The molecule has 106 valence electrons. The van der Waals surface area contributed by atoms with Gasteiger partial charge in [0.05, 0.1) is 0 Å². The average molecular weight is 278 g/mol. The lowest BCUT2D eigenvalue weighted by molar-refractivity contribution is 0.0840. The molecule has 1 heterocycles. The maximum Gasteiger partial charge on any atom is 0.267 e. The molecule has 0 aliphatic rings. The summed E-state index contributed by atoms with van der Waals surface area (Å²) in [7, 11) is 0. The number of benzene rings is 1. The Hall–Kier alpha value is -2.34. The molecule has 5 nitrogen and oxygen atoms in total. The minimum atomic E-state index is -0.848. The van der Waals surface area contributed by atoms with Crippen molar-refractivity contribution in [1.29, 1.82) is 0 Å². The zero-order valence-electron chi connectivity index (χ0n) is 10.7. The Morgan fingerprint density at radius 2 is 2.10 bits per heavy atom. The smallest absolute Gasteiger partial charge is 0.267 e. The van der Waals surface area contributed by atoms with E-state index in [1.165, 1.54) is 24.3 Å². The third kappa shape index (κ3) is 4.10. The van der Waals surface area contributed by atoms with Crippen molar-refractivity contribution in [2.45, 2.75) is 6.10 Å². The van der Waals surface area contributed by atoms with Gasteiger partial charge in [-0.2, -0.15) is 0 Å². The van der Waals surface area contributed by atoms with Crippen LogP contribution in [-0.2, 0) is 0 Å². The molecule has 3 N–H and O–H groups in total. The molecule has 0 saturated heterocycles. The van der Waals surface area contributed by atoms with Crippen LogP contribution < -0.4 is 10.1 Å². The Morgan fingerprint density at radius 3 is 2.75 bits per heavy atom. The monoisotopic (exact) mass is 278 g/mol. The average Bonchev–Trinajstić information content (AvgIpc) is 2.98. The van der Waals surface area contributed by atoms with E-state index < -0.39 is 6.10 Å². The predicted molar refractivity (Wildman–Crippen MR) is 71.0 cm³/mol. The number of rotatable bonds is 6. The summed E-state index contributed by atoms with van der Waals surface area (Å²) in [6, 6.07) is 8.84. The zero-order valence-corrected chi connectivity index (χ0v) is 10.7. The number of H-pyrrole nitrogens is 1. The Labute approximate surface area is 115 Å². The van der Waals surface area contributed by atoms with Crippen LogP contribution in [-0.4, -0.2) is 35.3 Å². The van der Waals surface area contributed by atoms with Crippen LogP contribution >= 0.6 is 0 Å². The van der Waals surface area contributed by atoms with E-state index in [4.69, 9.17) is 4.74 Å². The molecule has 0 bridgehead atoms. The van der Waals surface area contributed by atoms with Gasteiger partial charge in [-0.15, -0.1) is 0 Å². The van der Waals surface area contributed by atoms with Crippen molar-refractivity contribution in [1.82, 2.24) is 10.3 Å². The maximum atomic E-state index is 12.7. The van der Waals surface area contributed by atoms with Gasteiger partial charge in [0.25, 0.3) is 5.91 Å². The minimum absolute atomic E-state index is 0.0106. The third-order valence-corrected chi connectivity index (χ3v) is 2.60. The topological polar surface area (TPSA) is 74.3 Å². The summed E-state index contributed by atoms with van der Waals surface area (Å²) in [5, 5.41) is 12.3. The lowest BCUT2D eigenvalue weighted by Gasteiger charge is -2.13. The fourth-order valence-electron chi connectivity index (χ4n) is 1.56. The van der Waals surface area contributed by atoms with Crippen LogP contribution in [0.4, 0.5) is 4.39 Å². The molecule has 6 heteroatoms. The van der Waals surface area contributed by atoms with Gasteiger partial charge in [-0.05, 0) is 36.4 Å². The number of aromatic nitrogens is 1. The molecular formula is C14H15FN2O3. The van der Waals surface area contributed by atoms with Crippen LogP contribution in [0, 0.1) is 5.82 Å². The molecule has 0 aliphatic heterocycles. The fraction of sp³-hybridized carbons (Fsp3) is 0.214. The number of halogens is 1. The van der Waals surface area contributed by atoms with E-state index in [-0.39, 0.29) is 24.9 Å². The molecule has 1 unspecified atom stereocenters. The summed E-state index contributed by atoms with van der Waals surface area (Å²) in [6.07, 6.45) is 0.794. The SMILES string of the molecule is O=C(NCC(O)COc1ccc(F)cc1)c1ccc[nH]1. The van der Waals surface area contributed by atoms with Crippen molar-refractivity contribution in [2.24, 2.45) is 0 Å². The molecule has 0 aliphatic carbocycles. The maximum absolute atomic E-state index is 12.7. The van der Waals surface area contributed by atoms with Gasteiger partial charge in [0.1, 0.15) is 30.0 Å². The number of aliphatic hydroxyl groups is 1. The van der Waals surface area contributed by atoms with Crippen molar-refractivity contribution in [2.75, 3.05) is 13.2 Å². The Balaban J connectivity index is 1.71. The molecule has 2 aromatic rings. The predicted octanol–water partition coefficient (Wildman–Crippen LogP) is 1.32. The summed E-state index contributed by atoms with van der Waals surface area (Å²) >= 11 is 0. The molecule has 20 heavy (non-hydrogen) atoms. The normalized spacial score (nSPS) is 11.9. The van der Waals surface area contributed by atoms with E-state index in [0.717, 1.165) is 0 Å². The minimum Gasteiger partial charge on any atom is -0.491 e. The quantitative estimate of drug-likeness (QED) is 0.746. The molecule has 1 aromatic carbocycles. The second kappa shape index (κ2) is 6.72. The van der Waals surface area contributed by atoms with Gasteiger partial charge in [-0.25, -0.2) is 4.39 Å². The van der Waals surface area contributed by atoms with Gasteiger partial charge < -0.3 is 20.1 Å². The molecule has 0 saturated carbocycles. The standard InChI is InChI=1S/C14H15FN2O3/c15-10-3-5-12(6-4-10)20-9-11(18)8-17-14(19)13-2-1-7-16-13/h1-7,11,16,18H,8-9H2,(H,17,19). The Bertz CT molecular complexity index is 540. The van der Waals surface area contributed by atoms with E-state index in [2.05, 4.69) is 10.3 Å². The van der Waals surface area contributed by atoms with Gasteiger partial charge in [0.2, 0.25) is 0 Å². The first kappa shape index (κ1) is 14.1. The van der Waals surface area contributed by atoms with Crippen molar-refractivity contribution in [3.8, 4) is 5.75 Å². The molecule has 1 atom stereocenters. The van der Waals surface area contributed by atoms with Crippen LogP contribution in [0.2, 0.25) is 0 Å². The number of carbonyl (C=O) groups excluding carboxylic acids is 1. The van der Waals surface area contributed by atoms with Crippen molar-refractivity contribution < 1.29 is 19.0 Å². The van der Waals surface area contributed by atoms with Crippen LogP contribution in [0.25, 0.3) is 0 Å². The highest BCUT2D eigenvalue weighted by molar-refractivity contribution is 5.92. The number of ether oxygens (including phenoxy) is 1. The summed E-state index contributed by atoms with van der Waals surface area (Å²) in [6.45, 7) is 0.0791. The number of amides is 1. The first-order chi connectivity index (χ1) is 9.65. The van der Waals surface area contributed by atoms with Gasteiger partial charge in [-0.3, -0.25) is 4.79 Å². The van der Waals surface area contributed by atoms with E-state index in [1.54, 1.807) is 18.3 Å². The van der Waals surface area contributed by atoms with Gasteiger partial charge in [0, 0.05) is 12.7 Å². The van der Waals surface area contributed by atoms with Gasteiger partial charge >= 0.3 is 0 Å². The summed E-state index contributed by atoms with van der Waals surface area (Å²) in [5.41, 5.74) is 0.427. The molecule has 0 radical (unpaired) electrons. The van der Waals surface area contributed by atoms with Crippen LogP contribution in [0.15, 0.2) is 42.6 Å². The first-order valence-electron chi connectivity index (χ1n) is 6.13. The molecule has 1 aromatic heterocycles. The van der Waals surface area contributed by atoms with Crippen molar-refractivity contribution in [3.63, 3.8) is 0 Å². The van der Waals surface area contributed by atoms with Crippen LogP contribution in [0.1, 0.15) is 10.5 Å². The lowest BCUT2D eigenvalue weighted by Crippen LogP contribution is -2.35. The highest BCUT2D eigenvalue weighted by atomic mass is 19.1. The molecular weight excluding hydrogens is 263 g/mol. The number of carbonyl (C=O) groups is 1. The summed E-state index contributed by atoms with van der Waals surface area (Å²) in [4.78, 5) is 14.3. The van der Waals surface area contributed by atoms with E-state index in [9.17, 15) is 14.3 Å². The highest BCUT2D eigenvalue weighted by Crippen LogP contribution is 2.11. The van der Waals surface area contributed by atoms with E-state index >= 15 is 0 Å². The second-order valence-corrected chi connectivity index (χ2v) is 4.21. The fourth-order valence-corrected chi connectivity index (χ4v) is 1.56. The van der Waals surface area contributed by atoms with Crippen LogP contribution in [0.3, 0.4) is 0 Å². The number of aromatic amines is 1.